The van der Waals surface area contributed by atoms with Crippen molar-refractivity contribution in [2.24, 2.45) is 5.92 Å². The summed E-state index contributed by atoms with van der Waals surface area (Å²) in [4.78, 5) is 14.8. The Bertz CT molecular complexity index is 913. The predicted octanol–water partition coefficient (Wildman–Crippen LogP) is 3.56. The molecule has 1 N–H and O–H groups in total. The largest absolute Gasteiger partial charge is 0.463 e. The van der Waals surface area contributed by atoms with Crippen molar-refractivity contribution in [2.45, 2.75) is 24.1 Å². The Balaban J connectivity index is 1.38. The minimum absolute atomic E-state index is 0.0194. The van der Waals surface area contributed by atoms with Gasteiger partial charge in [0.2, 0.25) is 11.0 Å². The van der Waals surface area contributed by atoms with E-state index in [2.05, 4.69) is 37.5 Å². The summed E-state index contributed by atoms with van der Waals surface area (Å²) in [5.74, 6) is 2.25. The third-order valence-electron chi connectivity index (χ3n) is 4.44. The van der Waals surface area contributed by atoms with Gasteiger partial charge in [0.15, 0.2) is 15.9 Å². The minimum Gasteiger partial charge on any atom is -0.463 e. The maximum absolute atomic E-state index is 12.7. The Kier molecular flexibility index (Phi) is 5.87. The van der Waals surface area contributed by atoms with Crippen molar-refractivity contribution in [3.8, 4) is 11.5 Å². The van der Waals surface area contributed by atoms with Crippen LogP contribution in [0.25, 0.3) is 11.5 Å². The summed E-state index contributed by atoms with van der Waals surface area (Å²) in [7, 11) is 0. The number of furan rings is 1. The molecule has 1 saturated heterocycles. The molecule has 0 spiro atoms. The van der Waals surface area contributed by atoms with Crippen molar-refractivity contribution in [3.05, 3.63) is 30.5 Å². The van der Waals surface area contributed by atoms with Crippen LogP contribution in [0.2, 0.25) is 0 Å². The van der Waals surface area contributed by atoms with Crippen LogP contribution in [0.3, 0.4) is 0 Å². The number of aromatic nitrogens is 4. The van der Waals surface area contributed by atoms with Gasteiger partial charge in [-0.2, -0.15) is 0 Å². The fourth-order valence-electron chi connectivity index (χ4n) is 3.10. The summed E-state index contributed by atoms with van der Waals surface area (Å²) in [5, 5.41) is 20.2. The average Bonchev–Trinajstić information content (AvgIpc) is 3.41. The van der Waals surface area contributed by atoms with Crippen LogP contribution in [0.1, 0.15) is 19.8 Å². The lowest BCUT2D eigenvalue weighted by molar-refractivity contribution is -0.120. The molecular weight excluding hydrogens is 396 g/mol. The maximum atomic E-state index is 12.7. The molecule has 1 amide bonds. The number of nitrogens with zero attached hydrogens (tertiary/aromatic N) is 5. The van der Waals surface area contributed by atoms with Gasteiger partial charge in [0, 0.05) is 13.1 Å². The fraction of sp³-hybridized carbons (Fsp3) is 0.389. The van der Waals surface area contributed by atoms with E-state index in [-0.39, 0.29) is 11.8 Å². The Labute approximate surface area is 170 Å². The molecule has 0 aliphatic carbocycles. The number of piperidine rings is 1. The van der Waals surface area contributed by atoms with Gasteiger partial charge >= 0.3 is 0 Å². The molecule has 1 aliphatic rings. The van der Waals surface area contributed by atoms with Gasteiger partial charge in [-0.3, -0.25) is 4.79 Å². The molecule has 4 heterocycles. The van der Waals surface area contributed by atoms with E-state index in [9.17, 15) is 4.79 Å². The molecule has 0 unspecified atom stereocenters. The number of anilines is 2. The zero-order chi connectivity index (χ0) is 19.3. The molecule has 10 heteroatoms. The van der Waals surface area contributed by atoms with Crippen molar-refractivity contribution in [2.75, 3.05) is 29.1 Å². The first-order valence-corrected chi connectivity index (χ1v) is 10.9. The quantitative estimate of drug-likeness (QED) is 0.481. The molecule has 1 aliphatic heterocycles. The van der Waals surface area contributed by atoms with Gasteiger partial charge in [-0.25, -0.2) is 0 Å². The lowest BCUT2D eigenvalue weighted by Crippen LogP contribution is -2.41. The van der Waals surface area contributed by atoms with Gasteiger partial charge in [-0.1, -0.05) is 30.0 Å². The molecule has 146 valence electrons. The summed E-state index contributed by atoms with van der Waals surface area (Å²) in [5.41, 5.74) is 0.692. The van der Waals surface area contributed by atoms with Gasteiger partial charge in [-0.05, 0) is 42.9 Å². The highest BCUT2D eigenvalue weighted by atomic mass is 32.2. The first-order valence-electron chi connectivity index (χ1n) is 9.12. The fourth-order valence-corrected chi connectivity index (χ4v) is 4.75. The zero-order valence-corrected chi connectivity index (χ0v) is 17.0. The normalized spacial score (nSPS) is 16.9. The van der Waals surface area contributed by atoms with Crippen molar-refractivity contribution in [1.82, 2.24) is 20.4 Å². The monoisotopic (exact) mass is 416 g/mol. The second-order valence-electron chi connectivity index (χ2n) is 6.33. The molecule has 3 aromatic rings. The number of hydrogen-bond donors (Lipinski definition) is 1. The molecule has 3 aromatic heterocycles. The van der Waals surface area contributed by atoms with E-state index in [1.165, 1.54) is 11.3 Å². The van der Waals surface area contributed by atoms with Gasteiger partial charge in [0.05, 0.1) is 12.2 Å². The van der Waals surface area contributed by atoms with Crippen molar-refractivity contribution in [3.63, 3.8) is 0 Å². The summed E-state index contributed by atoms with van der Waals surface area (Å²) in [6.45, 7) is 3.52. The maximum Gasteiger partial charge on any atom is 0.231 e. The number of hydrogen-bond acceptors (Lipinski definition) is 9. The van der Waals surface area contributed by atoms with Gasteiger partial charge in [0.25, 0.3) is 0 Å². The number of nitrogens with one attached hydrogen (secondary N) is 1. The second-order valence-corrected chi connectivity index (χ2v) is 8.82. The van der Waals surface area contributed by atoms with Crippen LogP contribution in [0.15, 0.2) is 39.3 Å². The molecule has 0 saturated carbocycles. The first-order chi connectivity index (χ1) is 13.7. The van der Waals surface area contributed by atoms with Crippen LogP contribution in [0.5, 0.6) is 0 Å². The minimum atomic E-state index is -0.119. The molecule has 4 rings (SSSR count). The van der Waals surface area contributed by atoms with E-state index >= 15 is 0 Å². The summed E-state index contributed by atoms with van der Waals surface area (Å²) >= 11 is 3.03. The SMILES string of the molecule is CCSc1nnc(NC(=O)[C@@H]2CCCN(c3ccc(-c4ccco4)nn3)C2)s1. The summed E-state index contributed by atoms with van der Waals surface area (Å²) in [6.07, 6.45) is 3.38. The molecule has 8 nitrogen and oxygen atoms in total. The highest BCUT2D eigenvalue weighted by Crippen LogP contribution is 2.27. The molecule has 0 radical (unpaired) electrons. The van der Waals surface area contributed by atoms with Crippen LogP contribution < -0.4 is 10.2 Å². The number of amides is 1. The topological polar surface area (TPSA) is 97.0 Å². The van der Waals surface area contributed by atoms with E-state index in [1.807, 2.05) is 24.3 Å². The Morgan fingerprint density at radius 3 is 3.00 bits per heavy atom. The third kappa shape index (κ3) is 4.33. The van der Waals surface area contributed by atoms with E-state index in [0.29, 0.717) is 23.1 Å². The van der Waals surface area contributed by atoms with E-state index < -0.39 is 0 Å². The lowest BCUT2D eigenvalue weighted by atomic mass is 9.97. The van der Waals surface area contributed by atoms with E-state index in [1.54, 1.807) is 18.0 Å². The highest BCUT2D eigenvalue weighted by molar-refractivity contribution is 8.01. The summed E-state index contributed by atoms with van der Waals surface area (Å²) < 4.78 is 6.22. The number of carbonyl (C=O) groups is 1. The summed E-state index contributed by atoms with van der Waals surface area (Å²) in [6, 6.07) is 7.48. The van der Waals surface area contributed by atoms with Crippen LogP contribution >= 0.6 is 23.1 Å². The Hall–Kier alpha value is -2.46. The van der Waals surface area contributed by atoms with Crippen molar-refractivity contribution in [1.29, 1.82) is 0 Å². The molecular formula is C18H20N6O2S2. The molecule has 1 fully saturated rings. The van der Waals surface area contributed by atoms with Gasteiger partial charge < -0.3 is 14.6 Å². The lowest BCUT2D eigenvalue weighted by Gasteiger charge is -2.32. The van der Waals surface area contributed by atoms with E-state index in [0.717, 1.165) is 35.3 Å². The average molecular weight is 417 g/mol. The predicted molar refractivity (Wildman–Crippen MR) is 110 cm³/mol. The van der Waals surface area contributed by atoms with Crippen LogP contribution in [0, 0.1) is 5.92 Å². The van der Waals surface area contributed by atoms with Gasteiger partial charge in [0.1, 0.15) is 5.69 Å². The zero-order valence-electron chi connectivity index (χ0n) is 15.4. The molecule has 0 bridgehead atoms. The number of rotatable bonds is 6. The Morgan fingerprint density at radius 2 is 2.25 bits per heavy atom. The standard InChI is InChI=1S/C18H20N6O2S2/c1-2-27-18-23-22-17(28-18)19-16(25)12-5-3-9-24(11-12)15-8-7-13(20-21-15)14-6-4-10-26-14/h4,6-8,10,12H,2-3,5,9,11H2,1H3,(H,19,22,25)/t12-/m1/s1. The van der Waals surface area contributed by atoms with Gasteiger partial charge in [-0.15, -0.1) is 20.4 Å². The Morgan fingerprint density at radius 1 is 1.32 bits per heavy atom. The third-order valence-corrected chi connectivity index (χ3v) is 6.30. The van der Waals surface area contributed by atoms with Crippen LogP contribution in [-0.4, -0.2) is 45.1 Å². The highest BCUT2D eigenvalue weighted by Gasteiger charge is 2.27. The first kappa shape index (κ1) is 18.9. The number of thioether (sulfide) groups is 1. The van der Waals surface area contributed by atoms with Crippen molar-refractivity contribution >= 4 is 40.0 Å². The smallest absolute Gasteiger partial charge is 0.231 e. The van der Waals surface area contributed by atoms with Crippen molar-refractivity contribution < 1.29 is 9.21 Å². The van der Waals surface area contributed by atoms with E-state index in [4.69, 9.17) is 4.42 Å². The molecule has 28 heavy (non-hydrogen) atoms. The van der Waals surface area contributed by atoms with Crippen LogP contribution in [-0.2, 0) is 4.79 Å². The van der Waals surface area contributed by atoms with Crippen LogP contribution in [0.4, 0.5) is 10.9 Å². The number of carbonyl (C=O) groups excluding carboxylic acids is 1. The molecule has 0 aromatic carbocycles. The second kappa shape index (κ2) is 8.70. The molecule has 1 atom stereocenters.